The first-order chi connectivity index (χ1) is 10.1. The molecule has 2 rings (SSSR count). The maximum atomic E-state index is 12.3. The van der Waals surface area contributed by atoms with Crippen LogP contribution < -0.4 is 5.32 Å². The summed E-state index contributed by atoms with van der Waals surface area (Å²) in [5.41, 5.74) is 1.09. The summed E-state index contributed by atoms with van der Waals surface area (Å²) >= 11 is 4.92. The van der Waals surface area contributed by atoms with E-state index in [0.29, 0.717) is 36.8 Å². The Hall–Kier alpha value is -1.18. The number of nitrogens with zero attached hydrogens (tertiary/aromatic N) is 1. The fourth-order valence-corrected chi connectivity index (χ4v) is 3.23. The molecule has 1 amide bonds. The van der Waals surface area contributed by atoms with Crippen molar-refractivity contribution in [2.75, 3.05) is 19.8 Å². The van der Waals surface area contributed by atoms with Gasteiger partial charge in [0.1, 0.15) is 17.0 Å². The van der Waals surface area contributed by atoms with Crippen LogP contribution in [0.15, 0.2) is 20.4 Å². The van der Waals surface area contributed by atoms with Crippen molar-refractivity contribution < 1.29 is 14.1 Å². The molecule has 2 aromatic rings. The van der Waals surface area contributed by atoms with E-state index >= 15 is 0 Å². The van der Waals surface area contributed by atoms with Crippen LogP contribution >= 0.6 is 27.3 Å². The minimum absolute atomic E-state index is 0.162. The molecular formula is C14H17BrN2O3S. The monoisotopic (exact) mass is 372 g/mol. The van der Waals surface area contributed by atoms with Crippen LogP contribution in [0.1, 0.15) is 29.5 Å². The van der Waals surface area contributed by atoms with Gasteiger partial charge in [0.15, 0.2) is 0 Å². The van der Waals surface area contributed by atoms with Crippen LogP contribution in [0.3, 0.4) is 0 Å². The number of rotatable bonds is 7. The number of aromatic nitrogens is 1. The molecule has 0 spiro atoms. The first kappa shape index (κ1) is 16.2. The van der Waals surface area contributed by atoms with Gasteiger partial charge in [0, 0.05) is 19.8 Å². The molecule has 114 valence electrons. The number of carbonyl (C=O) groups is 1. The molecule has 0 bridgehead atoms. The van der Waals surface area contributed by atoms with Crippen molar-refractivity contribution in [2.45, 2.75) is 20.3 Å². The first-order valence-corrected chi connectivity index (χ1v) is 8.32. The zero-order valence-corrected chi connectivity index (χ0v) is 14.3. The average molecular weight is 373 g/mol. The minimum atomic E-state index is -0.162. The van der Waals surface area contributed by atoms with Gasteiger partial charge in [-0.25, -0.2) is 0 Å². The molecule has 7 heteroatoms. The Morgan fingerprint density at radius 2 is 2.33 bits per heavy atom. The van der Waals surface area contributed by atoms with E-state index in [2.05, 4.69) is 26.4 Å². The summed E-state index contributed by atoms with van der Waals surface area (Å²) in [7, 11) is 0. The average Bonchev–Trinajstić information content (AvgIpc) is 3.04. The molecule has 0 aromatic carbocycles. The molecule has 0 unspecified atom stereocenters. The lowest BCUT2D eigenvalue weighted by Crippen LogP contribution is -2.26. The lowest BCUT2D eigenvalue weighted by Gasteiger charge is -2.05. The van der Waals surface area contributed by atoms with E-state index in [-0.39, 0.29) is 5.91 Å². The Kier molecular flexibility index (Phi) is 5.96. The highest BCUT2D eigenvalue weighted by atomic mass is 79.9. The van der Waals surface area contributed by atoms with Crippen LogP contribution in [0.4, 0.5) is 0 Å². The van der Waals surface area contributed by atoms with Gasteiger partial charge in [0.2, 0.25) is 0 Å². The van der Waals surface area contributed by atoms with Crippen molar-refractivity contribution >= 4 is 33.2 Å². The van der Waals surface area contributed by atoms with Crippen LogP contribution in [-0.2, 0) is 4.74 Å². The molecule has 0 atom stereocenters. The third-order valence-corrected chi connectivity index (χ3v) is 4.48. The van der Waals surface area contributed by atoms with Crippen molar-refractivity contribution in [1.29, 1.82) is 0 Å². The molecule has 0 aliphatic rings. The van der Waals surface area contributed by atoms with Crippen molar-refractivity contribution in [3.05, 3.63) is 27.2 Å². The van der Waals surface area contributed by atoms with E-state index in [9.17, 15) is 4.79 Å². The Bertz CT molecular complexity index is 609. The van der Waals surface area contributed by atoms with E-state index in [1.54, 1.807) is 6.92 Å². The summed E-state index contributed by atoms with van der Waals surface area (Å²) in [6.45, 7) is 5.59. The molecule has 1 N–H and O–H groups in total. The zero-order valence-electron chi connectivity index (χ0n) is 11.9. The number of hydrogen-bond acceptors (Lipinski definition) is 5. The molecule has 0 aliphatic heterocycles. The summed E-state index contributed by atoms with van der Waals surface area (Å²) in [5.74, 6) is 0.363. The molecule has 2 aromatic heterocycles. The van der Waals surface area contributed by atoms with Gasteiger partial charge in [-0.15, -0.1) is 11.3 Å². The van der Waals surface area contributed by atoms with E-state index in [4.69, 9.17) is 9.26 Å². The van der Waals surface area contributed by atoms with Gasteiger partial charge in [-0.3, -0.25) is 4.79 Å². The summed E-state index contributed by atoms with van der Waals surface area (Å²) < 4.78 is 11.4. The summed E-state index contributed by atoms with van der Waals surface area (Å²) in [5, 5.41) is 6.88. The van der Waals surface area contributed by atoms with Crippen molar-refractivity contribution in [3.8, 4) is 10.6 Å². The van der Waals surface area contributed by atoms with Gasteiger partial charge in [-0.2, -0.15) is 0 Å². The van der Waals surface area contributed by atoms with E-state index in [1.807, 2.05) is 19.1 Å². The normalized spacial score (nSPS) is 10.8. The van der Waals surface area contributed by atoms with Crippen LogP contribution in [-0.4, -0.2) is 30.8 Å². The summed E-state index contributed by atoms with van der Waals surface area (Å²) in [6.07, 6.45) is 0.782. The predicted molar refractivity (Wildman–Crippen MR) is 85.7 cm³/mol. The first-order valence-electron chi connectivity index (χ1n) is 6.71. The molecular weight excluding hydrogens is 356 g/mol. The Balaban J connectivity index is 2.05. The predicted octanol–water partition coefficient (Wildman–Crippen LogP) is 3.63. The number of amides is 1. The highest BCUT2D eigenvalue weighted by Crippen LogP contribution is 2.33. The largest absolute Gasteiger partial charge is 0.382 e. The Morgan fingerprint density at radius 1 is 1.52 bits per heavy atom. The van der Waals surface area contributed by atoms with Crippen molar-refractivity contribution in [3.63, 3.8) is 0 Å². The second kappa shape index (κ2) is 7.72. The summed E-state index contributed by atoms with van der Waals surface area (Å²) in [6, 6.07) is 3.84. The van der Waals surface area contributed by atoms with Crippen molar-refractivity contribution in [1.82, 2.24) is 10.5 Å². The van der Waals surface area contributed by atoms with Crippen LogP contribution in [0.25, 0.3) is 10.6 Å². The quantitative estimate of drug-likeness (QED) is 0.753. The minimum Gasteiger partial charge on any atom is -0.382 e. The van der Waals surface area contributed by atoms with E-state index in [0.717, 1.165) is 15.1 Å². The molecule has 2 heterocycles. The van der Waals surface area contributed by atoms with Gasteiger partial charge in [-0.05, 0) is 48.3 Å². The number of ether oxygens (including phenoxy) is 1. The lowest BCUT2D eigenvalue weighted by molar-refractivity contribution is 0.0943. The lowest BCUT2D eigenvalue weighted by atomic mass is 10.1. The topological polar surface area (TPSA) is 64.4 Å². The zero-order chi connectivity index (χ0) is 15.2. The van der Waals surface area contributed by atoms with Gasteiger partial charge in [0.05, 0.1) is 8.66 Å². The van der Waals surface area contributed by atoms with Crippen LogP contribution in [0.2, 0.25) is 0 Å². The highest BCUT2D eigenvalue weighted by Gasteiger charge is 2.22. The molecule has 0 saturated heterocycles. The fraction of sp³-hybridized carbons (Fsp3) is 0.429. The van der Waals surface area contributed by atoms with Gasteiger partial charge >= 0.3 is 0 Å². The van der Waals surface area contributed by atoms with Gasteiger partial charge in [0.25, 0.3) is 5.91 Å². The maximum Gasteiger partial charge on any atom is 0.257 e. The van der Waals surface area contributed by atoms with Crippen LogP contribution in [0.5, 0.6) is 0 Å². The number of hydrogen-bond donors (Lipinski definition) is 1. The fourth-order valence-electron chi connectivity index (χ4n) is 1.86. The molecule has 0 fully saturated rings. The molecule has 0 saturated carbocycles. The third kappa shape index (κ3) is 4.15. The van der Waals surface area contributed by atoms with Crippen LogP contribution in [0, 0.1) is 6.92 Å². The number of halogens is 1. The van der Waals surface area contributed by atoms with E-state index < -0.39 is 0 Å². The van der Waals surface area contributed by atoms with Crippen molar-refractivity contribution in [2.24, 2.45) is 0 Å². The standard InChI is InChI=1S/C14H17BrN2O3S/c1-3-19-8-4-7-16-14(18)12-9(2)20-17-13(12)10-5-6-11(15)21-10/h5-6H,3-4,7-8H2,1-2H3,(H,16,18). The SMILES string of the molecule is CCOCCCNC(=O)c1c(-c2ccc(Br)s2)noc1C. The maximum absolute atomic E-state index is 12.3. The molecule has 0 aliphatic carbocycles. The molecule has 5 nitrogen and oxygen atoms in total. The number of aryl methyl sites for hydroxylation is 1. The summed E-state index contributed by atoms with van der Waals surface area (Å²) in [4.78, 5) is 13.2. The van der Waals surface area contributed by atoms with Gasteiger partial charge in [-0.1, -0.05) is 5.16 Å². The third-order valence-electron chi connectivity index (χ3n) is 2.85. The second-order valence-corrected chi connectivity index (χ2v) is 6.84. The number of nitrogens with one attached hydrogen (secondary N) is 1. The molecule has 0 radical (unpaired) electrons. The van der Waals surface area contributed by atoms with E-state index in [1.165, 1.54) is 11.3 Å². The number of carbonyl (C=O) groups excluding carboxylic acids is 1. The molecule has 21 heavy (non-hydrogen) atoms. The smallest absolute Gasteiger partial charge is 0.257 e. The highest BCUT2D eigenvalue weighted by molar-refractivity contribution is 9.11. The second-order valence-electron chi connectivity index (χ2n) is 4.37. The Morgan fingerprint density at radius 3 is 3.00 bits per heavy atom. The number of thiophene rings is 1. The Labute approximate surface area is 135 Å². The van der Waals surface area contributed by atoms with Gasteiger partial charge < -0.3 is 14.6 Å².